The summed E-state index contributed by atoms with van der Waals surface area (Å²) in [5.74, 6) is 0. The lowest BCUT2D eigenvalue weighted by atomic mass is 9.89. The van der Waals surface area contributed by atoms with Crippen LogP contribution in [-0.2, 0) is 10.3 Å². The molecule has 0 heterocycles. The molecule has 1 aromatic carbocycles. The van der Waals surface area contributed by atoms with Gasteiger partial charge in [0.15, 0.2) is 0 Å². The maximum Gasteiger partial charge on any atom is 0.0666 e. The first-order chi connectivity index (χ1) is 8.62. The fourth-order valence-corrected chi connectivity index (χ4v) is 2.02. The van der Waals surface area contributed by atoms with E-state index in [1.807, 2.05) is 30.3 Å². The summed E-state index contributed by atoms with van der Waals surface area (Å²) in [6.07, 6.45) is 3.06. The molecule has 0 saturated carbocycles. The number of hydrogen-bond acceptors (Lipinski definition) is 3. The number of ether oxygens (including phenoxy) is 1. The summed E-state index contributed by atoms with van der Waals surface area (Å²) < 4.78 is 5.71. The monoisotopic (exact) mass is 251 g/mol. The van der Waals surface area contributed by atoms with Crippen molar-refractivity contribution in [2.75, 3.05) is 13.2 Å². The smallest absolute Gasteiger partial charge is 0.0666 e. The Morgan fingerprint density at radius 1 is 1.33 bits per heavy atom. The van der Waals surface area contributed by atoms with Crippen molar-refractivity contribution in [1.82, 2.24) is 0 Å². The molecule has 0 aliphatic rings. The zero-order chi connectivity index (χ0) is 13.4. The first-order valence-corrected chi connectivity index (χ1v) is 6.69. The molecular weight excluding hydrogens is 226 g/mol. The molecule has 2 unspecified atom stereocenters. The summed E-state index contributed by atoms with van der Waals surface area (Å²) in [5, 5.41) is 9.53. The third kappa shape index (κ3) is 4.41. The van der Waals surface area contributed by atoms with Crippen molar-refractivity contribution in [3.8, 4) is 0 Å². The van der Waals surface area contributed by atoms with Gasteiger partial charge in [0, 0.05) is 6.61 Å². The van der Waals surface area contributed by atoms with E-state index in [0.717, 1.165) is 18.4 Å². The molecule has 3 heteroatoms. The van der Waals surface area contributed by atoms with Gasteiger partial charge in [0.1, 0.15) is 0 Å². The van der Waals surface area contributed by atoms with Gasteiger partial charge in [-0.25, -0.2) is 0 Å². The van der Waals surface area contributed by atoms with Crippen LogP contribution in [0.15, 0.2) is 30.3 Å². The zero-order valence-electron chi connectivity index (χ0n) is 11.4. The minimum absolute atomic E-state index is 0.0669. The van der Waals surface area contributed by atoms with Crippen molar-refractivity contribution in [2.24, 2.45) is 5.73 Å². The number of aliphatic hydroxyl groups is 1. The standard InChI is InChI=1S/C15H25NO2/c1-3-7-13(2)18-11-10-15(16,12-17)14-8-5-4-6-9-14/h4-6,8-9,13,17H,3,7,10-12,16H2,1-2H3. The van der Waals surface area contributed by atoms with Gasteiger partial charge in [-0.3, -0.25) is 0 Å². The molecule has 1 aromatic rings. The fourth-order valence-electron chi connectivity index (χ4n) is 2.02. The second kappa shape index (κ2) is 7.52. The van der Waals surface area contributed by atoms with Crippen LogP contribution in [0.1, 0.15) is 38.7 Å². The van der Waals surface area contributed by atoms with Gasteiger partial charge in [0.2, 0.25) is 0 Å². The highest BCUT2D eigenvalue weighted by Gasteiger charge is 2.26. The molecule has 18 heavy (non-hydrogen) atoms. The van der Waals surface area contributed by atoms with Crippen LogP contribution in [0, 0.1) is 0 Å². The third-order valence-electron chi connectivity index (χ3n) is 3.28. The number of hydrogen-bond donors (Lipinski definition) is 2. The zero-order valence-corrected chi connectivity index (χ0v) is 11.4. The van der Waals surface area contributed by atoms with E-state index in [4.69, 9.17) is 10.5 Å². The molecule has 0 aliphatic carbocycles. The van der Waals surface area contributed by atoms with Gasteiger partial charge in [-0.2, -0.15) is 0 Å². The average Bonchev–Trinajstić information content (AvgIpc) is 2.40. The van der Waals surface area contributed by atoms with Crippen LogP contribution < -0.4 is 5.73 Å². The maximum atomic E-state index is 9.53. The summed E-state index contributed by atoms with van der Waals surface area (Å²) >= 11 is 0. The van der Waals surface area contributed by atoms with E-state index >= 15 is 0 Å². The Kier molecular flexibility index (Phi) is 6.33. The van der Waals surface area contributed by atoms with E-state index in [0.29, 0.717) is 13.0 Å². The van der Waals surface area contributed by atoms with E-state index in [1.54, 1.807) is 0 Å². The second-order valence-corrected chi connectivity index (χ2v) is 4.90. The van der Waals surface area contributed by atoms with E-state index in [1.165, 1.54) is 0 Å². The van der Waals surface area contributed by atoms with Crippen LogP contribution in [0.25, 0.3) is 0 Å². The van der Waals surface area contributed by atoms with Crippen molar-refractivity contribution in [2.45, 2.75) is 44.8 Å². The lowest BCUT2D eigenvalue weighted by molar-refractivity contribution is 0.0391. The van der Waals surface area contributed by atoms with Crippen LogP contribution in [-0.4, -0.2) is 24.4 Å². The first kappa shape index (κ1) is 15.2. The number of aliphatic hydroxyl groups excluding tert-OH is 1. The molecule has 0 fully saturated rings. The lowest BCUT2D eigenvalue weighted by Gasteiger charge is -2.28. The van der Waals surface area contributed by atoms with E-state index < -0.39 is 5.54 Å². The summed E-state index contributed by atoms with van der Waals surface area (Å²) in [6.45, 7) is 4.73. The number of nitrogens with two attached hydrogens (primary N) is 1. The third-order valence-corrected chi connectivity index (χ3v) is 3.28. The average molecular weight is 251 g/mol. The Balaban J connectivity index is 2.51. The predicted molar refractivity (Wildman–Crippen MR) is 74.3 cm³/mol. The van der Waals surface area contributed by atoms with Crippen molar-refractivity contribution < 1.29 is 9.84 Å². The highest BCUT2D eigenvalue weighted by Crippen LogP contribution is 2.21. The Bertz CT molecular complexity index is 329. The molecule has 1 rings (SSSR count). The maximum absolute atomic E-state index is 9.53. The van der Waals surface area contributed by atoms with Gasteiger partial charge >= 0.3 is 0 Å². The molecule has 0 aliphatic heterocycles. The van der Waals surface area contributed by atoms with Gasteiger partial charge < -0.3 is 15.6 Å². The molecule has 0 aromatic heterocycles. The number of benzene rings is 1. The Labute approximate surface area is 110 Å². The van der Waals surface area contributed by atoms with Crippen molar-refractivity contribution in [3.63, 3.8) is 0 Å². The van der Waals surface area contributed by atoms with E-state index in [2.05, 4.69) is 13.8 Å². The molecule has 3 N–H and O–H groups in total. The van der Waals surface area contributed by atoms with Crippen molar-refractivity contribution in [3.05, 3.63) is 35.9 Å². The van der Waals surface area contributed by atoms with Gasteiger partial charge in [-0.1, -0.05) is 43.7 Å². The fraction of sp³-hybridized carbons (Fsp3) is 0.600. The van der Waals surface area contributed by atoms with Crippen LogP contribution in [0.4, 0.5) is 0 Å². The summed E-state index contributed by atoms with van der Waals surface area (Å²) in [6, 6.07) is 9.72. The highest BCUT2D eigenvalue weighted by molar-refractivity contribution is 5.23. The van der Waals surface area contributed by atoms with E-state index in [-0.39, 0.29) is 12.7 Å². The summed E-state index contributed by atoms with van der Waals surface area (Å²) in [4.78, 5) is 0. The Morgan fingerprint density at radius 2 is 2.00 bits per heavy atom. The molecule has 0 radical (unpaired) electrons. The quantitative estimate of drug-likeness (QED) is 0.746. The largest absolute Gasteiger partial charge is 0.394 e. The van der Waals surface area contributed by atoms with Crippen LogP contribution >= 0.6 is 0 Å². The van der Waals surface area contributed by atoms with Gasteiger partial charge in [-0.05, 0) is 25.3 Å². The lowest BCUT2D eigenvalue weighted by Crippen LogP contribution is -2.41. The van der Waals surface area contributed by atoms with Gasteiger partial charge in [0.25, 0.3) is 0 Å². The van der Waals surface area contributed by atoms with Crippen molar-refractivity contribution >= 4 is 0 Å². The van der Waals surface area contributed by atoms with E-state index in [9.17, 15) is 5.11 Å². The van der Waals surface area contributed by atoms with Crippen LogP contribution in [0.5, 0.6) is 0 Å². The SMILES string of the molecule is CCCC(C)OCCC(N)(CO)c1ccccc1. The van der Waals surface area contributed by atoms with Crippen molar-refractivity contribution in [1.29, 1.82) is 0 Å². The topological polar surface area (TPSA) is 55.5 Å². The predicted octanol–water partition coefficient (Wildman–Crippen LogP) is 2.43. The summed E-state index contributed by atoms with van der Waals surface area (Å²) in [5.41, 5.74) is 6.51. The normalized spacial score (nSPS) is 16.2. The molecule has 102 valence electrons. The Hall–Kier alpha value is -0.900. The highest BCUT2D eigenvalue weighted by atomic mass is 16.5. The minimum atomic E-state index is -0.701. The molecule has 0 amide bonds. The van der Waals surface area contributed by atoms with Gasteiger partial charge in [-0.15, -0.1) is 0 Å². The molecule has 0 bridgehead atoms. The molecule has 0 spiro atoms. The molecular formula is C15H25NO2. The summed E-state index contributed by atoms with van der Waals surface area (Å²) in [7, 11) is 0. The van der Waals surface area contributed by atoms with Crippen LogP contribution in [0.2, 0.25) is 0 Å². The second-order valence-electron chi connectivity index (χ2n) is 4.90. The molecule has 2 atom stereocenters. The van der Waals surface area contributed by atoms with Crippen LogP contribution in [0.3, 0.4) is 0 Å². The number of rotatable bonds is 8. The molecule has 3 nitrogen and oxygen atoms in total. The minimum Gasteiger partial charge on any atom is -0.394 e. The van der Waals surface area contributed by atoms with Gasteiger partial charge in [0.05, 0.1) is 18.2 Å². The Morgan fingerprint density at radius 3 is 2.56 bits per heavy atom. The molecule has 0 saturated heterocycles. The first-order valence-electron chi connectivity index (χ1n) is 6.69.